The van der Waals surface area contributed by atoms with Crippen LogP contribution in [-0.2, 0) is 0 Å². The van der Waals surface area contributed by atoms with Gasteiger partial charge in [-0.15, -0.1) is 0 Å². The van der Waals surface area contributed by atoms with Gasteiger partial charge in [0.15, 0.2) is 23.2 Å². The molecule has 0 saturated heterocycles. The monoisotopic (exact) mass is 817 g/mol. The van der Waals surface area contributed by atoms with Gasteiger partial charge in [0.2, 0.25) is 0 Å². The number of para-hydroxylation sites is 1. The fraction of sp³-hybridized carbons (Fsp3) is 0. The molecule has 0 bridgehead atoms. The lowest BCUT2D eigenvalue weighted by Gasteiger charge is -2.21. The number of fused-ring (bicyclic) bond motifs is 6. The van der Waals surface area contributed by atoms with E-state index in [2.05, 4.69) is 137 Å². The molecule has 0 N–H and O–H groups in total. The summed E-state index contributed by atoms with van der Waals surface area (Å²) in [6.45, 7) is 7.97. The second kappa shape index (κ2) is 15.2. The summed E-state index contributed by atoms with van der Waals surface area (Å²) < 4.78 is 8.71. The normalized spacial score (nSPS) is 11.4. The maximum absolute atomic E-state index is 7.97. The third kappa shape index (κ3) is 6.31. The zero-order chi connectivity index (χ0) is 42.6. The molecule has 0 amide bonds. The molecule has 6 nitrogen and oxygen atoms in total. The maximum Gasteiger partial charge on any atom is 0.188 e. The van der Waals surface area contributed by atoms with Crippen molar-refractivity contribution in [2.75, 3.05) is 0 Å². The molecule has 0 aliphatic rings. The Morgan fingerprint density at radius 1 is 0.359 bits per heavy atom. The molecule has 0 radical (unpaired) electrons. The first-order valence-electron chi connectivity index (χ1n) is 21.2. The molecule has 3 aromatic heterocycles. The third-order valence-corrected chi connectivity index (χ3v) is 12.1. The Hall–Kier alpha value is -8.92. The van der Waals surface area contributed by atoms with Gasteiger partial charge in [-0.05, 0) is 82.2 Å². The smallest absolute Gasteiger partial charge is 0.188 e. The highest BCUT2D eigenvalue weighted by atomic mass is 16.3. The minimum Gasteiger partial charge on any atom is -0.456 e. The van der Waals surface area contributed by atoms with Gasteiger partial charge in [-0.3, -0.25) is 0 Å². The lowest BCUT2D eigenvalue weighted by molar-refractivity contribution is 0.669. The largest absolute Gasteiger partial charge is 0.456 e. The van der Waals surface area contributed by atoms with Crippen molar-refractivity contribution in [2.45, 2.75) is 0 Å². The molecular weight excluding hydrogens is 783 g/mol. The summed E-state index contributed by atoms with van der Waals surface area (Å²) in [7, 11) is 0. The van der Waals surface area contributed by atoms with Gasteiger partial charge in [-0.25, -0.2) is 19.8 Å². The van der Waals surface area contributed by atoms with Crippen LogP contribution in [0.4, 0.5) is 5.69 Å². The minimum absolute atomic E-state index is 0.546. The summed E-state index contributed by atoms with van der Waals surface area (Å²) in [6, 6.07) is 73.0. The summed E-state index contributed by atoms with van der Waals surface area (Å²) in [6.07, 6.45) is 0. The van der Waals surface area contributed by atoms with E-state index in [9.17, 15) is 0 Å². The molecule has 0 saturated carbocycles. The van der Waals surface area contributed by atoms with Crippen molar-refractivity contribution in [1.29, 1.82) is 0 Å². The zero-order valence-electron chi connectivity index (χ0n) is 34.4. The van der Waals surface area contributed by atoms with Gasteiger partial charge in [-0.2, -0.15) is 0 Å². The van der Waals surface area contributed by atoms with Crippen LogP contribution in [0.1, 0.15) is 0 Å². The molecular formula is C58H35N5O. The molecule has 0 aliphatic carbocycles. The number of rotatable bonds is 7. The van der Waals surface area contributed by atoms with Crippen molar-refractivity contribution in [3.8, 4) is 73.2 Å². The minimum atomic E-state index is 0.546. The van der Waals surface area contributed by atoms with Crippen molar-refractivity contribution >= 4 is 49.4 Å². The van der Waals surface area contributed by atoms with E-state index in [0.717, 1.165) is 99.5 Å². The number of hydrogen-bond donors (Lipinski definition) is 0. The van der Waals surface area contributed by atoms with Crippen molar-refractivity contribution in [3.63, 3.8) is 0 Å². The lowest BCUT2D eigenvalue weighted by Crippen LogP contribution is -2.04. The van der Waals surface area contributed by atoms with E-state index in [-0.39, 0.29) is 0 Å². The Kier molecular flexibility index (Phi) is 8.77. The van der Waals surface area contributed by atoms with E-state index in [0.29, 0.717) is 23.2 Å². The molecule has 0 fully saturated rings. The van der Waals surface area contributed by atoms with Crippen LogP contribution in [-0.4, -0.2) is 19.5 Å². The van der Waals surface area contributed by atoms with Crippen LogP contribution in [0, 0.1) is 6.57 Å². The molecule has 0 unspecified atom stereocenters. The first-order valence-corrected chi connectivity index (χ1v) is 21.2. The van der Waals surface area contributed by atoms with Crippen LogP contribution in [0.15, 0.2) is 217 Å². The van der Waals surface area contributed by atoms with Gasteiger partial charge in [0.25, 0.3) is 0 Å². The molecule has 3 heterocycles. The van der Waals surface area contributed by atoms with Gasteiger partial charge in [-0.1, -0.05) is 158 Å². The van der Waals surface area contributed by atoms with E-state index in [1.54, 1.807) is 0 Å². The Morgan fingerprint density at radius 3 is 1.50 bits per heavy atom. The summed E-state index contributed by atoms with van der Waals surface area (Å²) in [5, 5.41) is 4.19. The number of aromatic nitrogens is 4. The quantitative estimate of drug-likeness (QED) is 0.150. The first-order chi connectivity index (χ1) is 31.7. The number of furan rings is 1. The van der Waals surface area contributed by atoms with Crippen molar-refractivity contribution in [2.24, 2.45) is 0 Å². The van der Waals surface area contributed by atoms with Crippen LogP contribution in [0.3, 0.4) is 0 Å². The van der Waals surface area contributed by atoms with Crippen LogP contribution >= 0.6 is 0 Å². The Labute approximate surface area is 368 Å². The van der Waals surface area contributed by atoms with E-state index in [1.807, 2.05) is 84.9 Å². The molecule has 9 aromatic carbocycles. The molecule has 64 heavy (non-hydrogen) atoms. The number of nitrogens with zero attached hydrogens (tertiary/aromatic N) is 5. The molecule has 298 valence electrons. The van der Waals surface area contributed by atoms with Crippen LogP contribution < -0.4 is 0 Å². The highest BCUT2D eigenvalue weighted by Gasteiger charge is 2.24. The predicted molar refractivity (Wildman–Crippen MR) is 260 cm³/mol. The fourth-order valence-corrected chi connectivity index (χ4v) is 9.03. The average Bonchev–Trinajstić information content (AvgIpc) is 3.91. The molecule has 0 aliphatic heterocycles. The SMILES string of the molecule is [C-]#[N+]c1ccc2c(c1)c1cc(-c3ccccc3)ccc1n2-c1c(-c2ccccc2)cc(-c2nc(-c3ccccc3)nc(-c3ccc4c(c3)oc3ccccc34)n2)cc1-c1ccccc1. The van der Waals surface area contributed by atoms with E-state index >= 15 is 0 Å². The van der Waals surface area contributed by atoms with Gasteiger partial charge in [0.05, 0.1) is 23.3 Å². The average molecular weight is 818 g/mol. The summed E-state index contributed by atoms with van der Waals surface area (Å²) in [5.74, 6) is 1.67. The molecule has 0 spiro atoms. The predicted octanol–water partition coefficient (Wildman–Crippen LogP) is 15.4. The summed E-state index contributed by atoms with van der Waals surface area (Å²) in [4.78, 5) is 19.5. The molecule has 12 aromatic rings. The third-order valence-electron chi connectivity index (χ3n) is 12.1. The van der Waals surface area contributed by atoms with Crippen molar-refractivity contribution in [1.82, 2.24) is 19.5 Å². The van der Waals surface area contributed by atoms with Crippen LogP contribution in [0.5, 0.6) is 0 Å². The number of hydrogen-bond acceptors (Lipinski definition) is 4. The second-order valence-corrected chi connectivity index (χ2v) is 15.9. The standard InChI is InChI=1S/C58H35N5O/c1-59-44-28-31-52-50(36-44)49-32-41(37-16-6-2-7-17-37)27-30-51(49)63(52)55-47(38-18-8-3-9-19-38)33-43(34-48(55)39-20-10-4-11-21-39)58-61-56(40-22-12-5-13-23-40)60-57(62-58)42-26-29-46-45-24-14-15-25-53(45)64-54(46)35-42/h2-36H. The Balaban J connectivity index is 1.15. The second-order valence-electron chi connectivity index (χ2n) is 15.9. The Morgan fingerprint density at radius 2 is 0.859 bits per heavy atom. The van der Waals surface area contributed by atoms with Crippen LogP contribution in [0.25, 0.3) is 122 Å². The summed E-state index contributed by atoms with van der Waals surface area (Å²) >= 11 is 0. The van der Waals surface area contributed by atoms with Gasteiger partial charge >= 0.3 is 0 Å². The maximum atomic E-state index is 7.97. The highest BCUT2D eigenvalue weighted by Crippen LogP contribution is 2.45. The zero-order valence-corrected chi connectivity index (χ0v) is 34.4. The molecule has 0 atom stereocenters. The topological polar surface area (TPSA) is 61.1 Å². The molecule has 6 heteroatoms. The van der Waals surface area contributed by atoms with Crippen molar-refractivity contribution in [3.05, 3.63) is 224 Å². The van der Waals surface area contributed by atoms with Gasteiger partial charge in [0.1, 0.15) is 11.2 Å². The fourth-order valence-electron chi connectivity index (χ4n) is 9.03. The number of benzene rings is 9. The van der Waals surface area contributed by atoms with E-state index in [1.165, 1.54) is 0 Å². The van der Waals surface area contributed by atoms with Crippen LogP contribution in [0.2, 0.25) is 0 Å². The summed E-state index contributed by atoms with van der Waals surface area (Å²) in [5.41, 5.74) is 14.1. The van der Waals surface area contributed by atoms with Gasteiger partial charge in [0, 0.05) is 44.0 Å². The van der Waals surface area contributed by atoms with Gasteiger partial charge < -0.3 is 8.98 Å². The Bertz CT molecular complexity index is 3720. The first kappa shape index (κ1) is 36.9. The van der Waals surface area contributed by atoms with Crippen molar-refractivity contribution < 1.29 is 4.42 Å². The van der Waals surface area contributed by atoms with E-state index < -0.39 is 0 Å². The lowest BCUT2D eigenvalue weighted by atomic mass is 9.92. The van der Waals surface area contributed by atoms with E-state index in [4.69, 9.17) is 25.9 Å². The highest BCUT2D eigenvalue weighted by molar-refractivity contribution is 6.13. The molecule has 12 rings (SSSR count).